The van der Waals surface area contributed by atoms with Crippen molar-refractivity contribution in [3.8, 4) is 11.5 Å². The normalized spacial score (nSPS) is 10.5. The van der Waals surface area contributed by atoms with Crippen LogP contribution in [0.25, 0.3) is 0 Å². The van der Waals surface area contributed by atoms with E-state index in [4.69, 9.17) is 20.9 Å². The van der Waals surface area contributed by atoms with E-state index in [9.17, 15) is 4.79 Å². The van der Waals surface area contributed by atoms with E-state index in [0.29, 0.717) is 28.1 Å². The Labute approximate surface area is 171 Å². The maximum atomic E-state index is 12.0. The molecule has 2 rings (SSSR count). The molecule has 0 spiro atoms. The lowest BCUT2D eigenvalue weighted by Crippen LogP contribution is -2.30. The highest BCUT2D eigenvalue weighted by Crippen LogP contribution is 2.36. The minimum absolute atomic E-state index is 0.134. The van der Waals surface area contributed by atoms with Crippen molar-refractivity contribution in [1.29, 1.82) is 0 Å². The van der Waals surface area contributed by atoms with Gasteiger partial charge in [-0.05, 0) is 45.6 Å². The van der Waals surface area contributed by atoms with Crippen LogP contribution in [-0.4, -0.2) is 38.3 Å². The molecule has 9 heteroatoms. The first kappa shape index (κ1) is 21.2. The number of guanidine groups is 1. The number of amides is 1. The number of methoxy groups -OCH3 is 1. The van der Waals surface area contributed by atoms with Crippen molar-refractivity contribution in [2.75, 3.05) is 20.3 Å². The summed E-state index contributed by atoms with van der Waals surface area (Å²) < 4.78 is 11.6. The Morgan fingerprint density at radius 3 is 2.68 bits per heavy atom. The SMILES string of the molecule is COc1cc(C=NN=C(N)N)cc(Br)c1OCC(=O)NCCc1ccccc1. The summed E-state index contributed by atoms with van der Waals surface area (Å²) in [6.45, 7) is 0.399. The van der Waals surface area contributed by atoms with Crippen LogP contribution < -0.4 is 26.3 Å². The van der Waals surface area contributed by atoms with Crippen LogP contribution in [0.5, 0.6) is 11.5 Å². The van der Waals surface area contributed by atoms with Crippen molar-refractivity contribution in [2.45, 2.75) is 6.42 Å². The first-order valence-corrected chi connectivity index (χ1v) is 9.22. The summed E-state index contributed by atoms with van der Waals surface area (Å²) in [6.07, 6.45) is 2.22. The van der Waals surface area contributed by atoms with E-state index in [-0.39, 0.29) is 18.5 Å². The van der Waals surface area contributed by atoms with Gasteiger partial charge in [0.1, 0.15) is 0 Å². The Kier molecular flexibility index (Phi) is 8.29. The highest BCUT2D eigenvalue weighted by atomic mass is 79.9. The fourth-order valence-electron chi connectivity index (χ4n) is 2.30. The first-order valence-electron chi connectivity index (χ1n) is 8.42. The third-order valence-electron chi connectivity index (χ3n) is 3.56. The third-order valence-corrected chi connectivity index (χ3v) is 4.15. The van der Waals surface area contributed by atoms with Crippen LogP contribution in [0.3, 0.4) is 0 Å². The molecule has 0 aliphatic carbocycles. The highest BCUT2D eigenvalue weighted by Gasteiger charge is 2.13. The number of ether oxygens (including phenoxy) is 2. The zero-order chi connectivity index (χ0) is 20.4. The molecule has 2 aromatic rings. The van der Waals surface area contributed by atoms with E-state index >= 15 is 0 Å². The molecule has 148 valence electrons. The van der Waals surface area contributed by atoms with Crippen LogP contribution in [0.1, 0.15) is 11.1 Å². The zero-order valence-corrected chi connectivity index (χ0v) is 17.0. The second-order valence-corrected chi connectivity index (χ2v) is 6.53. The van der Waals surface area contributed by atoms with Gasteiger partial charge in [0, 0.05) is 6.54 Å². The van der Waals surface area contributed by atoms with Crippen molar-refractivity contribution >= 4 is 34.0 Å². The van der Waals surface area contributed by atoms with Gasteiger partial charge in [-0.15, -0.1) is 5.10 Å². The minimum atomic E-state index is -0.219. The zero-order valence-electron chi connectivity index (χ0n) is 15.4. The number of hydrogen-bond donors (Lipinski definition) is 3. The Morgan fingerprint density at radius 1 is 1.25 bits per heavy atom. The smallest absolute Gasteiger partial charge is 0.257 e. The summed E-state index contributed by atoms with van der Waals surface area (Å²) in [4.78, 5) is 12.0. The Balaban J connectivity index is 1.92. The van der Waals surface area contributed by atoms with E-state index in [1.54, 1.807) is 12.1 Å². The Morgan fingerprint density at radius 2 is 2.00 bits per heavy atom. The monoisotopic (exact) mass is 447 g/mol. The lowest BCUT2D eigenvalue weighted by Gasteiger charge is -2.13. The molecule has 5 N–H and O–H groups in total. The van der Waals surface area contributed by atoms with Gasteiger partial charge in [0.15, 0.2) is 18.1 Å². The van der Waals surface area contributed by atoms with Gasteiger partial charge in [-0.2, -0.15) is 5.10 Å². The molecule has 0 unspecified atom stereocenters. The number of nitrogens with zero attached hydrogens (tertiary/aromatic N) is 2. The molecule has 0 fully saturated rings. The predicted molar refractivity (Wildman–Crippen MR) is 113 cm³/mol. The quantitative estimate of drug-likeness (QED) is 0.307. The van der Waals surface area contributed by atoms with Crippen LogP contribution in [0.2, 0.25) is 0 Å². The summed E-state index contributed by atoms with van der Waals surface area (Å²) in [5, 5.41) is 10.1. The lowest BCUT2D eigenvalue weighted by atomic mass is 10.1. The molecule has 0 aliphatic heterocycles. The molecule has 0 saturated carbocycles. The average molecular weight is 448 g/mol. The van der Waals surface area contributed by atoms with Crippen LogP contribution >= 0.6 is 15.9 Å². The molecule has 0 heterocycles. The van der Waals surface area contributed by atoms with E-state index in [1.165, 1.54) is 13.3 Å². The van der Waals surface area contributed by atoms with Crippen LogP contribution in [0, 0.1) is 0 Å². The fourth-order valence-corrected chi connectivity index (χ4v) is 2.87. The summed E-state index contributed by atoms with van der Waals surface area (Å²) >= 11 is 3.41. The van der Waals surface area contributed by atoms with Crippen LogP contribution in [-0.2, 0) is 11.2 Å². The van der Waals surface area contributed by atoms with Gasteiger partial charge >= 0.3 is 0 Å². The van der Waals surface area contributed by atoms with Gasteiger partial charge in [0.2, 0.25) is 5.96 Å². The van der Waals surface area contributed by atoms with Crippen molar-refractivity contribution in [2.24, 2.45) is 21.7 Å². The number of nitrogens with two attached hydrogens (primary N) is 2. The molecule has 8 nitrogen and oxygen atoms in total. The minimum Gasteiger partial charge on any atom is -0.493 e. The van der Waals surface area contributed by atoms with E-state index in [0.717, 1.165) is 12.0 Å². The number of carbonyl (C=O) groups is 1. The van der Waals surface area contributed by atoms with Gasteiger partial charge in [-0.1, -0.05) is 30.3 Å². The van der Waals surface area contributed by atoms with Gasteiger partial charge in [-0.3, -0.25) is 4.79 Å². The molecule has 0 radical (unpaired) electrons. The second kappa shape index (κ2) is 10.9. The van der Waals surface area contributed by atoms with E-state index < -0.39 is 0 Å². The molecule has 1 amide bonds. The number of hydrogen-bond acceptors (Lipinski definition) is 5. The summed E-state index contributed by atoms with van der Waals surface area (Å²) in [5.41, 5.74) is 12.3. The molecule has 0 aliphatic rings. The number of nitrogens with one attached hydrogen (secondary N) is 1. The van der Waals surface area contributed by atoms with Crippen molar-refractivity contribution in [3.63, 3.8) is 0 Å². The summed E-state index contributed by atoms with van der Waals surface area (Å²) in [5.74, 6) is 0.501. The van der Waals surface area contributed by atoms with Gasteiger partial charge < -0.3 is 26.3 Å². The second-order valence-electron chi connectivity index (χ2n) is 5.68. The summed E-state index contributed by atoms with van der Waals surface area (Å²) in [6, 6.07) is 13.4. The topological polar surface area (TPSA) is 124 Å². The Bertz CT molecular complexity index is 852. The lowest BCUT2D eigenvalue weighted by molar-refractivity contribution is -0.123. The molecule has 28 heavy (non-hydrogen) atoms. The molecule has 0 atom stereocenters. The van der Waals surface area contributed by atoms with Gasteiger partial charge in [0.25, 0.3) is 5.91 Å². The fraction of sp³-hybridized carbons (Fsp3) is 0.211. The average Bonchev–Trinajstić information content (AvgIpc) is 2.67. The predicted octanol–water partition coefficient (Wildman–Crippen LogP) is 1.80. The molecule has 2 aromatic carbocycles. The Hall–Kier alpha value is -3.07. The molecular formula is C19H22BrN5O3. The number of rotatable bonds is 9. The maximum Gasteiger partial charge on any atom is 0.257 e. The molecular weight excluding hydrogens is 426 g/mol. The maximum absolute atomic E-state index is 12.0. The van der Waals surface area contributed by atoms with E-state index in [2.05, 4.69) is 31.4 Å². The van der Waals surface area contributed by atoms with Crippen LogP contribution in [0.4, 0.5) is 0 Å². The van der Waals surface area contributed by atoms with Crippen molar-refractivity contribution < 1.29 is 14.3 Å². The van der Waals surface area contributed by atoms with Crippen molar-refractivity contribution in [3.05, 3.63) is 58.1 Å². The standard InChI is InChI=1S/C19H22BrN5O3/c1-27-16-10-14(11-24-25-19(21)22)9-15(20)18(16)28-12-17(26)23-8-7-13-5-3-2-4-6-13/h2-6,9-11H,7-8,12H2,1H3,(H,23,26)(H4,21,22,25). The first-order chi connectivity index (χ1) is 13.5. The third kappa shape index (κ3) is 6.92. The molecule has 0 aromatic heterocycles. The van der Waals surface area contributed by atoms with Gasteiger partial charge in [-0.25, -0.2) is 0 Å². The number of benzene rings is 2. The van der Waals surface area contributed by atoms with E-state index in [1.807, 2.05) is 30.3 Å². The highest BCUT2D eigenvalue weighted by molar-refractivity contribution is 9.10. The molecule has 0 saturated heterocycles. The molecule has 0 bridgehead atoms. The van der Waals surface area contributed by atoms with Crippen molar-refractivity contribution in [1.82, 2.24) is 5.32 Å². The number of carbonyl (C=O) groups excluding carboxylic acids is 1. The van der Waals surface area contributed by atoms with Gasteiger partial charge in [0.05, 0.1) is 17.8 Å². The summed E-state index contributed by atoms with van der Waals surface area (Å²) in [7, 11) is 1.51. The number of halogens is 1. The van der Waals surface area contributed by atoms with Crippen LogP contribution in [0.15, 0.2) is 57.1 Å². The largest absolute Gasteiger partial charge is 0.493 e.